The molecule has 0 saturated heterocycles. The van der Waals surface area contributed by atoms with Crippen LogP contribution in [-0.4, -0.2) is 29.2 Å². The summed E-state index contributed by atoms with van der Waals surface area (Å²) in [7, 11) is -3.74. The Bertz CT molecular complexity index is 1180. The summed E-state index contributed by atoms with van der Waals surface area (Å²) < 4.78 is 28.5. The van der Waals surface area contributed by atoms with E-state index in [0.29, 0.717) is 28.2 Å². The summed E-state index contributed by atoms with van der Waals surface area (Å²) in [5.41, 5.74) is 2.77. The predicted molar refractivity (Wildman–Crippen MR) is 116 cm³/mol. The first-order valence-corrected chi connectivity index (χ1v) is 11.2. The highest BCUT2D eigenvalue weighted by Crippen LogP contribution is 2.26. The molecule has 0 saturated carbocycles. The maximum absolute atomic E-state index is 13.6. The third-order valence-corrected chi connectivity index (χ3v) is 7.10. The molecule has 2 aromatic carbocycles. The Kier molecular flexibility index (Phi) is 6.19. The van der Waals surface area contributed by atoms with E-state index in [1.807, 2.05) is 45.9 Å². The lowest BCUT2D eigenvalue weighted by Crippen LogP contribution is -2.34. The summed E-state index contributed by atoms with van der Waals surface area (Å²) in [6.45, 7) is 8.00. The summed E-state index contributed by atoms with van der Waals surface area (Å²) in [5, 5.41) is 0.490. The zero-order valence-corrected chi connectivity index (χ0v) is 18.1. The number of H-pyrrole nitrogens is 1. The number of nitrogens with zero attached hydrogens (tertiary/aromatic N) is 2. The van der Waals surface area contributed by atoms with Crippen LogP contribution in [-0.2, 0) is 16.6 Å². The van der Waals surface area contributed by atoms with Crippen molar-refractivity contribution in [3.63, 3.8) is 0 Å². The van der Waals surface area contributed by atoms with E-state index in [9.17, 15) is 13.2 Å². The van der Waals surface area contributed by atoms with Crippen molar-refractivity contribution in [2.45, 2.75) is 52.0 Å². The lowest BCUT2D eigenvalue weighted by Gasteiger charge is -2.24. The first kappa shape index (κ1) is 21.2. The Labute approximate surface area is 171 Å². The Morgan fingerprint density at radius 3 is 2.38 bits per heavy atom. The van der Waals surface area contributed by atoms with Crippen molar-refractivity contribution in [3.8, 4) is 0 Å². The first-order chi connectivity index (χ1) is 13.7. The number of aromatic amines is 1. The fraction of sp³-hybridized carbons (Fsp3) is 0.364. The van der Waals surface area contributed by atoms with Crippen LogP contribution in [0.15, 0.2) is 46.1 Å². The van der Waals surface area contributed by atoms with E-state index in [-0.39, 0.29) is 12.1 Å². The molecule has 0 unspecified atom stereocenters. The molecule has 0 radical (unpaired) electrons. The number of benzene rings is 2. The third kappa shape index (κ3) is 4.41. The second-order valence-corrected chi connectivity index (χ2v) is 9.32. The Balaban J connectivity index is 2.06. The van der Waals surface area contributed by atoms with Crippen LogP contribution in [0.4, 0.5) is 0 Å². The molecule has 154 valence electrons. The molecule has 0 spiro atoms. The third-order valence-electron chi connectivity index (χ3n) is 4.95. The van der Waals surface area contributed by atoms with Crippen molar-refractivity contribution in [2.24, 2.45) is 0 Å². The lowest BCUT2D eigenvalue weighted by molar-refractivity contribution is 0.389. The van der Waals surface area contributed by atoms with Gasteiger partial charge in [-0.1, -0.05) is 43.2 Å². The molecule has 0 fully saturated rings. The molecule has 6 nitrogen and oxygen atoms in total. The standard InChI is InChI=1S/C22H27N3O3S/c1-5-6-11-25(29(27,28)21-16(3)12-15(2)13-17(21)4)14-20-23-19-10-8-7-9-18(19)22(26)24-20/h7-10,12-13H,5-6,11,14H2,1-4H3,(H,23,24,26). The minimum Gasteiger partial charge on any atom is -0.309 e. The minimum absolute atomic E-state index is 0.0230. The zero-order valence-electron chi connectivity index (χ0n) is 17.3. The average molecular weight is 414 g/mol. The molecule has 3 rings (SSSR count). The SMILES string of the molecule is CCCCN(Cc1nc2ccccc2c(=O)[nH]1)S(=O)(=O)c1c(C)cc(C)cc1C. The molecule has 0 atom stereocenters. The van der Waals surface area contributed by atoms with Crippen LogP contribution < -0.4 is 5.56 Å². The Hall–Kier alpha value is -2.51. The number of aromatic nitrogens is 2. The van der Waals surface area contributed by atoms with Crippen molar-refractivity contribution < 1.29 is 8.42 Å². The van der Waals surface area contributed by atoms with Crippen LogP contribution in [0.25, 0.3) is 10.9 Å². The van der Waals surface area contributed by atoms with Gasteiger partial charge in [-0.25, -0.2) is 13.4 Å². The molecule has 3 aromatic rings. The largest absolute Gasteiger partial charge is 0.309 e. The number of rotatable bonds is 7. The van der Waals surface area contributed by atoms with Crippen LogP contribution in [0.5, 0.6) is 0 Å². The monoisotopic (exact) mass is 413 g/mol. The normalized spacial score (nSPS) is 12.0. The van der Waals surface area contributed by atoms with E-state index in [2.05, 4.69) is 9.97 Å². The van der Waals surface area contributed by atoms with Gasteiger partial charge in [0.15, 0.2) is 0 Å². The van der Waals surface area contributed by atoms with Gasteiger partial charge in [-0.3, -0.25) is 4.79 Å². The number of aryl methyl sites for hydroxylation is 3. The minimum atomic E-state index is -3.74. The molecule has 0 bridgehead atoms. The van der Waals surface area contributed by atoms with E-state index in [1.54, 1.807) is 18.2 Å². The maximum Gasteiger partial charge on any atom is 0.258 e. The molecule has 0 aliphatic rings. The number of sulfonamides is 1. The average Bonchev–Trinajstić information content (AvgIpc) is 2.64. The summed E-state index contributed by atoms with van der Waals surface area (Å²) >= 11 is 0. The van der Waals surface area contributed by atoms with Gasteiger partial charge in [0.25, 0.3) is 5.56 Å². The fourth-order valence-electron chi connectivity index (χ4n) is 3.70. The summed E-state index contributed by atoms with van der Waals surface area (Å²) in [6.07, 6.45) is 1.58. The fourth-order valence-corrected chi connectivity index (χ4v) is 5.55. The highest BCUT2D eigenvalue weighted by atomic mass is 32.2. The molecular weight excluding hydrogens is 386 g/mol. The van der Waals surface area contributed by atoms with Gasteiger partial charge in [-0.2, -0.15) is 4.31 Å². The number of hydrogen-bond acceptors (Lipinski definition) is 4. The van der Waals surface area contributed by atoms with E-state index in [0.717, 1.165) is 29.5 Å². The van der Waals surface area contributed by atoms with Gasteiger partial charge < -0.3 is 4.98 Å². The molecule has 0 amide bonds. The van der Waals surface area contributed by atoms with E-state index < -0.39 is 10.0 Å². The van der Waals surface area contributed by atoms with Crippen LogP contribution in [0.3, 0.4) is 0 Å². The van der Waals surface area contributed by atoms with Gasteiger partial charge in [0.05, 0.1) is 22.3 Å². The quantitative estimate of drug-likeness (QED) is 0.638. The summed E-state index contributed by atoms with van der Waals surface area (Å²) in [6, 6.07) is 10.8. The van der Waals surface area contributed by atoms with E-state index in [4.69, 9.17) is 0 Å². The number of fused-ring (bicyclic) bond motifs is 1. The van der Waals surface area contributed by atoms with Gasteiger partial charge in [0.2, 0.25) is 10.0 Å². The summed E-state index contributed by atoms with van der Waals surface area (Å²) in [4.78, 5) is 20.0. The van der Waals surface area contributed by atoms with Crippen molar-refractivity contribution in [3.05, 3.63) is 69.3 Å². The topological polar surface area (TPSA) is 83.1 Å². The highest BCUT2D eigenvalue weighted by molar-refractivity contribution is 7.89. The van der Waals surface area contributed by atoms with Gasteiger partial charge in [0, 0.05) is 6.54 Å². The highest BCUT2D eigenvalue weighted by Gasteiger charge is 2.28. The summed E-state index contributed by atoms with van der Waals surface area (Å²) in [5.74, 6) is 0.343. The lowest BCUT2D eigenvalue weighted by atomic mass is 10.1. The van der Waals surface area contributed by atoms with Crippen molar-refractivity contribution >= 4 is 20.9 Å². The maximum atomic E-state index is 13.6. The molecule has 1 aromatic heterocycles. The number of para-hydroxylation sites is 1. The molecule has 1 heterocycles. The first-order valence-electron chi connectivity index (χ1n) is 9.80. The molecule has 0 aliphatic carbocycles. The zero-order chi connectivity index (χ0) is 21.2. The van der Waals surface area contributed by atoms with Crippen LogP contribution in [0.2, 0.25) is 0 Å². The van der Waals surface area contributed by atoms with Gasteiger partial charge >= 0.3 is 0 Å². The van der Waals surface area contributed by atoms with Gasteiger partial charge in [-0.05, 0) is 50.5 Å². The molecule has 1 N–H and O–H groups in total. The molecule has 7 heteroatoms. The van der Waals surface area contributed by atoms with E-state index in [1.165, 1.54) is 4.31 Å². The smallest absolute Gasteiger partial charge is 0.258 e. The second kappa shape index (κ2) is 8.47. The van der Waals surface area contributed by atoms with Crippen LogP contribution in [0, 0.1) is 20.8 Å². The second-order valence-electron chi connectivity index (χ2n) is 7.45. The molecule has 29 heavy (non-hydrogen) atoms. The predicted octanol–water partition coefficient (Wildman–Crippen LogP) is 3.84. The van der Waals surface area contributed by atoms with Crippen molar-refractivity contribution in [1.82, 2.24) is 14.3 Å². The van der Waals surface area contributed by atoms with Gasteiger partial charge in [0.1, 0.15) is 5.82 Å². The number of hydrogen-bond donors (Lipinski definition) is 1. The van der Waals surface area contributed by atoms with Crippen molar-refractivity contribution in [1.29, 1.82) is 0 Å². The Morgan fingerprint density at radius 2 is 1.72 bits per heavy atom. The number of nitrogens with one attached hydrogen (secondary N) is 1. The van der Waals surface area contributed by atoms with Crippen LogP contribution in [0.1, 0.15) is 42.3 Å². The van der Waals surface area contributed by atoms with Crippen molar-refractivity contribution in [2.75, 3.05) is 6.54 Å². The van der Waals surface area contributed by atoms with Crippen LogP contribution >= 0.6 is 0 Å². The number of unbranched alkanes of at least 4 members (excludes halogenated alkanes) is 1. The van der Waals surface area contributed by atoms with E-state index >= 15 is 0 Å². The Morgan fingerprint density at radius 1 is 1.07 bits per heavy atom. The molecular formula is C22H27N3O3S. The van der Waals surface area contributed by atoms with Gasteiger partial charge in [-0.15, -0.1) is 0 Å². The molecule has 0 aliphatic heterocycles.